The van der Waals surface area contributed by atoms with Gasteiger partial charge in [0.05, 0.1) is 13.0 Å². The van der Waals surface area contributed by atoms with Gasteiger partial charge in [-0.1, -0.05) is 51.1 Å². The zero-order valence-electron chi connectivity index (χ0n) is 15.1. The van der Waals surface area contributed by atoms with E-state index in [9.17, 15) is 9.59 Å². The largest absolute Gasteiger partial charge is 0.462 e. The average molecular weight is 490 g/mol. The zero-order valence-corrected chi connectivity index (χ0v) is 18.1. The molecule has 1 rings (SSSR count). The minimum absolute atomic E-state index is 0.0634. The van der Waals surface area contributed by atoms with E-state index in [0.717, 1.165) is 5.56 Å². The van der Waals surface area contributed by atoms with E-state index in [0.29, 0.717) is 12.4 Å². The molecular weight excluding hydrogens is 467 g/mol. The van der Waals surface area contributed by atoms with E-state index < -0.39 is 23.6 Å². The lowest BCUT2D eigenvalue weighted by Crippen LogP contribution is -2.29. The summed E-state index contributed by atoms with van der Waals surface area (Å²) in [4.78, 5) is 23.2. The molecule has 0 heterocycles. The van der Waals surface area contributed by atoms with Gasteiger partial charge in [0.2, 0.25) is 6.10 Å². The third-order valence-electron chi connectivity index (χ3n) is 3.10. The van der Waals surface area contributed by atoms with Gasteiger partial charge in [-0.3, -0.25) is 4.79 Å². The molecule has 0 aliphatic carbocycles. The van der Waals surface area contributed by atoms with Crippen LogP contribution in [-0.4, -0.2) is 36.0 Å². The van der Waals surface area contributed by atoms with E-state index in [1.807, 2.05) is 44.2 Å². The second kappa shape index (κ2) is 12.2. The number of carbonyl (C=O) groups is 2. The molecule has 0 amide bonds. The van der Waals surface area contributed by atoms with Crippen molar-refractivity contribution in [2.45, 2.75) is 45.5 Å². The Kier molecular flexibility index (Phi) is 10.7. The van der Waals surface area contributed by atoms with Gasteiger partial charge in [0.15, 0.2) is 0 Å². The molecule has 0 N–H and O–H groups in total. The molecule has 0 saturated carbocycles. The van der Waals surface area contributed by atoms with Crippen LogP contribution in [0.15, 0.2) is 30.3 Å². The van der Waals surface area contributed by atoms with Gasteiger partial charge in [-0.2, -0.15) is 0 Å². The van der Waals surface area contributed by atoms with Crippen molar-refractivity contribution in [3.05, 3.63) is 35.9 Å². The Morgan fingerprint density at radius 2 is 1.96 bits per heavy atom. The van der Waals surface area contributed by atoms with Gasteiger partial charge in [-0.05, 0) is 40.6 Å². The average Bonchev–Trinajstić information content (AvgIpc) is 2.60. The molecule has 0 aromatic heterocycles. The summed E-state index contributed by atoms with van der Waals surface area (Å²) in [6.07, 6.45) is -0.961. The maximum Gasteiger partial charge on any atom is 0.348 e. The second-order valence-electron chi connectivity index (χ2n) is 5.87. The Hall–Kier alpha value is -1.24. The van der Waals surface area contributed by atoms with Crippen molar-refractivity contribution in [1.29, 1.82) is 0 Å². The van der Waals surface area contributed by atoms with Crippen LogP contribution in [0.3, 0.4) is 0 Å². The topological polar surface area (TPSA) is 61.8 Å². The van der Waals surface area contributed by atoms with Crippen molar-refractivity contribution >= 4 is 42.1 Å². The predicted molar refractivity (Wildman–Crippen MR) is 111 cm³/mol. The van der Waals surface area contributed by atoms with Crippen molar-refractivity contribution in [2.75, 3.05) is 12.4 Å². The fourth-order valence-corrected chi connectivity index (χ4v) is 2.56. The van der Waals surface area contributed by atoms with Crippen LogP contribution in [0.1, 0.15) is 32.8 Å². The van der Waals surface area contributed by atoms with E-state index in [-0.39, 0.29) is 13.0 Å². The van der Waals surface area contributed by atoms with Gasteiger partial charge in [-0.25, -0.2) is 4.79 Å². The van der Waals surface area contributed by atoms with Crippen molar-refractivity contribution in [2.24, 2.45) is 0 Å². The van der Waals surface area contributed by atoms with E-state index >= 15 is 0 Å². The molecule has 0 radical (unpaired) electrons. The fraction of sp³-hybridized carbons (Fsp3) is 0.474. The number of esters is 2. The maximum absolute atomic E-state index is 12.0. The first kappa shape index (κ1) is 22.8. The summed E-state index contributed by atoms with van der Waals surface area (Å²) in [5.74, 6) is 5.40. The molecule has 0 spiro atoms. The molecule has 0 fully saturated rings. The lowest BCUT2D eigenvalue weighted by atomic mass is 10.1. The predicted octanol–water partition coefficient (Wildman–Crippen LogP) is 3.93. The summed E-state index contributed by atoms with van der Waals surface area (Å²) in [6, 6.07) is 9.79. The van der Waals surface area contributed by atoms with Crippen molar-refractivity contribution in [3.8, 4) is 11.8 Å². The first-order chi connectivity index (χ1) is 12.3. The fourth-order valence-electron chi connectivity index (χ4n) is 1.87. The molecule has 0 aliphatic rings. The summed E-state index contributed by atoms with van der Waals surface area (Å²) in [7, 11) is 1.53. The highest BCUT2D eigenvalue weighted by Gasteiger charge is 2.23. The highest BCUT2D eigenvalue weighted by atomic mass is 127. The van der Waals surface area contributed by atoms with E-state index in [2.05, 4.69) is 33.0 Å². The maximum atomic E-state index is 12.0. The smallest absolute Gasteiger partial charge is 0.348 e. The Morgan fingerprint density at radius 3 is 2.58 bits per heavy atom. The minimum atomic E-state index is -1.02. The van der Waals surface area contributed by atoms with Crippen molar-refractivity contribution < 1.29 is 23.8 Å². The third-order valence-corrected chi connectivity index (χ3v) is 4.74. The Labute approximate surface area is 171 Å². The molecule has 1 aromatic rings. The van der Waals surface area contributed by atoms with Gasteiger partial charge < -0.3 is 14.2 Å². The van der Waals surface area contributed by atoms with Crippen LogP contribution < -0.4 is 0 Å². The SMILES string of the molecule is CC(=O)OC(CC#CC(C)(C)OCc1ccccc1)C(=O)OCCSI. The molecule has 1 atom stereocenters. The number of hydrogen-bond donors (Lipinski definition) is 0. The second-order valence-corrected chi connectivity index (χ2v) is 8.36. The number of rotatable bonds is 9. The van der Waals surface area contributed by atoms with Crippen LogP contribution in [-0.2, 0) is 30.4 Å². The molecule has 0 aliphatic heterocycles. The standard InChI is InChI=1S/C19H23IO5S/c1-15(21)25-17(18(22)23-12-13-26-20)10-7-11-19(2,3)24-14-16-8-5-4-6-9-16/h4-6,8-9,17H,10,12-14H2,1-3H3. The van der Waals surface area contributed by atoms with Crippen LogP contribution in [0.2, 0.25) is 0 Å². The van der Waals surface area contributed by atoms with Gasteiger partial charge >= 0.3 is 11.9 Å². The monoisotopic (exact) mass is 490 g/mol. The summed E-state index contributed by atoms with van der Waals surface area (Å²) < 4.78 is 15.9. The molecule has 0 bridgehead atoms. The molecule has 26 heavy (non-hydrogen) atoms. The Morgan fingerprint density at radius 1 is 1.27 bits per heavy atom. The van der Waals surface area contributed by atoms with E-state index in [1.165, 1.54) is 15.9 Å². The van der Waals surface area contributed by atoms with Gasteiger partial charge in [0, 0.05) is 12.7 Å². The first-order valence-corrected chi connectivity index (χ1v) is 11.6. The van der Waals surface area contributed by atoms with E-state index in [1.54, 1.807) is 0 Å². The molecular formula is C19H23IO5S. The van der Waals surface area contributed by atoms with Crippen LogP contribution in [0.4, 0.5) is 0 Å². The highest BCUT2D eigenvalue weighted by molar-refractivity contribution is 14.2. The van der Waals surface area contributed by atoms with Crippen molar-refractivity contribution in [1.82, 2.24) is 0 Å². The highest BCUT2D eigenvalue weighted by Crippen LogP contribution is 2.13. The number of hydrogen-bond acceptors (Lipinski definition) is 6. The third kappa shape index (κ3) is 10.0. The molecule has 1 unspecified atom stereocenters. The van der Waals surface area contributed by atoms with Crippen LogP contribution in [0.25, 0.3) is 0 Å². The van der Waals surface area contributed by atoms with Gasteiger partial charge in [-0.15, -0.1) is 0 Å². The van der Waals surface area contributed by atoms with E-state index in [4.69, 9.17) is 14.2 Å². The first-order valence-electron chi connectivity index (χ1n) is 8.09. The summed E-state index contributed by atoms with van der Waals surface area (Å²) >= 11 is 2.12. The van der Waals surface area contributed by atoms with Gasteiger partial charge in [0.25, 0.3) is 0 Å². The molecule has 0 saturated heterocycles. The van der Waals surface area contributed by atoms with Crippen LogP contribution in [0.5, 0.6) is 0 Å². The Balaban J connectivity index is 2.59. The lowest BCUT2D eigenvalue weighted by molar-refractivity contribution is -0.165. The van der Waals surface area contributed by atoms with Gasteiger partial charge in [0.1, 0.15) is 12.2 Å². The minimum Gasteiger partial charge on any atom is -0.462 e. The number of ether oxygens (including phenoxy) is 3. The summed E-state index contributed by atoms with van der Waals surface area (Å²) in [6.45, 7) is 5.65. The zero-order chi connectivity index (χ0) is 19.4. The number of halogens is 1. The van der Waals surface area contributed by atoms with Crippen molar-refractivity contribution in [3.63, 3.8) is 0 Å². The quantitative estimate of drug-likeness (QED) is 0.226. The molecule has 1 aromatic carbocycles. The summed E-state index contributed by atoms with van der Waals surface area (Å²) in [5, 5.41) is 0. The Bertz CT molecular complexity index is 636. The molecule has 7 heteroatoms. The molecule has 5 nitrogen and oxygen atoms in total. The number of benzene rings is 1. The number of carbonyl (C=O) groups excluding carboxylic acids is 2. The normalized spacial score (nSPS) is 11.8. The lowest BCUT2D eigenvalue weighted by Gasteiger charge is -2.19. The van der Waals surface area contributed by atoms with Crippen LogP contribution >= 0.6 is 30.1 Å². The van der Waals surface area contributed by atoms with Crippen LogP contribution in [0, 0.1) is 11.8 Å². The summed E-state index contributed by atoms with van der Waals surface area (Å²) in [5.41, 5.74) is 0.357. The molecule has 142 valence electrons.